The van der Waals surface area contributed by atoms with Gasteiger partial charge in [0, 0.05) is 44.5 Å². The van der Waals surface area contributed by atoms with Gasteiger partial charge in [0.1, 0.15) is 5.82 Å². The molecule has 28 heavy (non-hydrogen) atoms. The lowest BCUT2D eigenvalue weighted by Gasteiger charge is -2.35. The van der Waals surface area contributed by atoms with Gasteiger partial charge in [-0.05, 0) is 49.8 Å². The number of thioether (sulfide) groups is 1. The predicted octanol–water partition coefficient (Wildman–Crippen LogP) is 2.92. The van der Waals surface area contributed by atoms with Gasteiger partial charge in [-0.3, -0.25) is 0 Å². The van der Waals surface area contributed by atoms with Crippen molar-refractivity contribution in [2.24, 2.45) is 4.99 Å². The summed E-state index contributed by atoms with van der Waals surface area (Å²) in [6, 6.07) is 5.56. The third-order valence-corrected chi connectivity index (χ3v) is 6.86. The van der Waals surface area contributed by atoms with Gasteiger partial charge in [0.25, 0.3) is 0 Å². The molecule has 0 saturated carbocycles. The molecule has 1 unspecified atom stereocenters. The molecule has 0 aliphatic carbocycles. The molecule has 0 bridgehead atoms. The van der Waals surface area contributed by atoms with E-state index in [1.165, 1.54) is 18.6 Å². The molecular weight excluding hydrogens is 373 g/mol. The van der Waals surface area contributed by atoms with Gasteiger partial charge in [0.15, 0.2) is 5.96 Å². The van der Waals surface area contributed by atoms with E-state index >= 15 is 0 Å². The number of halogens is 1. The summed E-state index contributed by atoms with van der Waals surface area (Å²) in [5.74, 6) is 1.94. The van der Waals surface area contributed by atoms with Crippen LogP contribution in [0, 0.1) is 5.82 Å². The average Bonchev–Trinajstić information content (AvgIpc) is 3.24. The lowest BCUT2D eigenvalue weighted by Crippen LogP contribution is -2.46. The van der Waals surface area contributed by atoms with Gasteiger partial charge in [-0.1, -0.05) is 13.0 Å². The van der Waals surface area contributed by atoms with Crippen LogP contribution in [0.5, 0.6) is 0 Å². The fourth-order valence-corrected chi connectivity index (χ4v) is 4.94. The van der Waals surface area contributed by atoms with E-state index in [0.29, 0.717) is 17.5 Å². The minimum absolute atomic E-state index is 0.141. The molecule has 3 rings (SSSR count). The monoisotopic (exact) mass is 407 g/mol. The van der Waals surface area contributed by atoms with Crippen LogP contribution in [0.4, 0.5) is 10.1 Å². The van der Waals surface area contributed by atoms with E-state index in [2.05, 4.69) is 39.3 Å². The van der Waals surface area contributed by atoms with Crippen molar-refractivity contribution in [3.63, 3.8) is 0 Å². The van der Waals surface area contributed by atoms with Crippen molar-refractivity contribution in [2.75, 3.05) is 56.5 Å². The largest absolute Gasteiger partial charge is 0.367 e. The van der Waals surface area contributed by atoms with Crippen LogP contribution < -0.4 is 15.5 Å². The van der Waals surface area contributed by atoms with E-state index in [0.717, 1.165) is 57.3 Å². The normalized spacial score (nSPS) is 21.2. The Labute approximate surface area is 173 Å². The molecule has 1 aromatic carbocycles. The standard InChI is InChI=1S/C21H34FN5S/c1-3-23-21(25-16-18-6-5-13-28-18)24-15-17-7-8-20(19(22)14-17)27-11-9-26(4-2)10-12-27/h7-8,14,18H,3-6,9-13,15-16H2,1-2H3,(H2,23,24,25). The van der Waals surface area contributed by atoms with Crippen LogP contribution in [0.25, 0.3) is 0 Å². The average molecular weight is 408 g/mol. The summed E-state index contributed by atoms with van der Waals surface area (Å²) >= 11 is 2.03. The summed E-state index contributed by atoms with van der Waals surface area (Å²) in [4.78, 5) is 9.20. The SMILES string of the molecule is CCNC(=NCc1ccc(N2CCN(CC)CC2)c(F)c1)NCC1CCCS1. The van der Waals surface area contributed by atoms with Crippen LogP contribution in [0.3, 0.4) is 0 Å². The Balaban J connectivity index is 1.56. The van der Waals surface area contributed by atoms with Gasteiger partial charge in [-0.2, -0.15) is 11.8 Å². The maximum Gasteiger partial charge on any atom is 0.191 e. The van der Waals surface area contributed by atoms with Gasteiger partial charge in [0.2, 0.25) is 0 Å². The van der Waals surface area contributed by atoms with Crippen molar-refractivity contribution in [1.82, 2.24) is 15.5 Å². The molecule has 2 saturated heterocycles. The highest BCUT2D eigenvalue weighted by Gasteiger charge is 2.19. The second kappa shape index (κ2) is 10.9. The first-order valence-electron chi connectivity index (χ1n) is 10.6. The molecule has 2 fully saturated rings. The van der Waals surface area contributed by atoms with Crippen molar-refractivity contribution >= 4 is 23.4 Å². The van der Waals surface area contributed by atoms with E-state index in [4.69, 9.17) is 0 Å². The minimum Gasteiger partial charge on any atom is -0.367 e. The lowest BCUT2D eigenvalue weighted by molar-refractivity contribution is 0.270. The molecule has 2 N–H and O–H groups in total. The molecule has 0 radical (unpaired) electrons. The summed E-state index contributed by atoms with van der Waals surface area (Å²) in [7, 11) is 0. The van der Waals surface area contributed by atoms with E-state index < -0.39 is 0 Å². The zero-order chi connectivity index (χ0) is 19.8. The summed E-state index contributed by atoms with van der Waals surface area (Å²) in [6.07, 6.45) is 2.58. The van der Waals surface area contributed by atoms with Crippen molar-refractivity contribution in [3.8, 4) is 0 Å². The van der Waals surface area contributed by atoms with Crippen LogP contribution in [-0.4, -0.2) is 67.7 Å². The highest BCUT2D eigenvalue weighted by molar-refractivity contribution is 8.00. The molecule has 2 aliphatic rings. The fourth-order valence-electron chi connectivity index (χ4n) is 3.74. The number of rotatable bonds is 7. The first kappa shape index (κ1) is 21.2. The Bertz CT molecular complexity index is 640. The minimum atomic E-state index is -0.141. The number of nitrogens with zero attached hydrogens (tertiary/aromatic N) is 3. The number of nitrogens with one attached hydrogen (secondary N) is 2. The van der Waals surface area contributed by atoms with Crippen LogP contribution in [-0.2, 0) is 6.54 Å². The van der Waals surface area contributed by atoms with Gasteiger partial charge < -0.3 is 20.4 Å². The summed E-state index contributed by atoms with van der Waals surface area (Å²) in [5, 5.41) is 7.39. The number of benzene rings is 1. The first-order chi connectivity index (χ1) is 13.7. The van der Waals surface area contributed by atoms with Gasteiger partial charge in [-0.15, -0.1) is 0 Å². The molecule has 1 atom stereocenters. The summed E-state index contributed by atoms with van der Waals surface area (Å²) in [5.41, 5.74) is 1.62. The van der Waals surface area contributed by atoms with Crippen LogP contribution >= 0.6 is 11.8 Å². The molecule has 0 spiro atoms. The number of anilines is 1. The Morgan fingerprint density at radius 3 is 2.68 bits per heavy atom. The number of piperazine rings is 1. The number of guanidine groups is 1. The third kappa shape index (κ3) is 6.01. The summed E-state index contributed by atoms with van der Waals surface area (Å²) < 4.78 is 14.7. The fraction of sp³-hybridized carbons (Fsp3) is 0.667. The van der Waals surface area contributed by atoms with Crippen LogP contribution in [0.2, 0.25) is 0 Å². The van der Waals surface area contributed by atoms with Gasteiger partial charge in [-0.25, -0.2) is 9.38 Å². The van der Waals surface area contributed by atoms with Crippen LogP contribution in [0.15, 0.2) is 23.2 Å². The number of hydrogen-bond acceptors (Lipinski definition) is 4. The number of likely N-dealkylation sites (N-methyl/N-ethyl adjacent to an activating group) is 1. The lowest BCUT2D eigenvalue weighted by atomic mass is 10.1. The molecule has 1 aromatic rings. The number of aliphatic imine (C=N–C) groups is 1. The molecule has 2 heterocycles. The molecule has 156 valence electrons. The third-order valence-electron chi connectivity index (χ3n) is 5.46. The van der Waals surface area contributed by atoms with Crippen molar-refractivity contribution in [1.29, 1.82) is 0 Å². The smallest absolute Gasteiger partial charge is 0.191 e. The highest BCUT2D eigenvalue weighted by atomic mass is 32.2. The number of hydrogen-bond donors (Lipinski definition) is 2. The van der Waals surface area contributed by atoms with E-state index in [-0.39, 0.29) is 5.82 Å². The first-order valence-corrected chi connectivity index (χ1v) is 11.6. The second-order valence-corrected chi connectivity index (χ2v) is 8.83. The Hall–Kier alpha value is -1.47. The zero-order valence-electron chi connectivity index (χ0n) is 17.2. The maximum atomic E-state index is 14.7. The topological polar surface area (TPSA) is 42.9 Å². The molecule has 0 amide bonds. The zero-order valence-corrected chi connectivity index (χ0v) is 18.0. The Morgan fingerprint density at radius 2 is 2.04 bits per heavy atom. The van der Waals surface area contributed by atoms with E-state index in [1.807, 2.05) is 23.9 Å². The quantitative estimate of drug-likeness (QED) is 0.537. The van der Waals surface area contributed by atoms with Crippen molar-refractivity contribution in [3.05, 3.63) is 29.6 Å². The van der Waals surface area contributed by atoms with E-state index in [1.54, 1.807) is 6.07 Å². The van der Waals surface area contributed by atoms with Gasteiger partial charge >= 0.3 is 0 Å². The molecule has 5 nitrogen and oxygen atoms in total. The second-order valence-electron chi connectivity index (χ2n) is 7.42. The van der Waals surface area contributed by atoms with Crippen LogP contribution in [0.1, 0.15) is 32.3 Å². The van der Waals surface area contributed by atoms with E-state index in [9.17, 15) is 4.39 Å². The molecular formula is C21H34FN5S. The van der Waals surface area contributed by atoms with Crippen molar-refractivity contribution in [2.45, 2.75) is 38.5 Å². The van der Waals surface area contributed by atoms with Crippen molar-refractivity contribution < 1.29 is 4.39 Å². The Morgan fingerprint density at radius 1 is 1.21 bits per heavy atom. The highest BCUT2D eigenvalue weighted by Crippen LogP contribution is 2.25. The summed E-state index contributed by atoms with van der Waals surface area (Å²) in [6.45, 7) is 11.3. The molecule has 2 aliphatic heterocycles. The van der Waals surface area contributed by atoms with Gasteiger partial charge in [0.05, 0.1) is 12.2 Å². The molecule has 0 aromatic heterocycles. The molecule has 7 heteroatoms. The maximum absolute atomic E-state index is 14.7. The predicted molar refractivity (Wildman–Crippen MR) is 119 cm³/mol. The Kier molecular flexibility index (Phi) is 8.27.